The summed E-state index contributed by atoms with van der Waals surface area (Å²) in [6, 6.07) is 9.67. The number of aryl methyl sites for hydroxylation is 1. The second-order valence-corrected chi connectivity index (χ2v) is 10.5. The van der Waals surface area contributed by atoms with Crippen molar-refractivity contribution in [1.82, 2.24) is 15.5 Å². The number of benzene rings is 2. The summed E-state index contributed by atoms with van der Waals surface area (Å²) in [7, 11) is 1.34. The molecule has 230 valence electrons. The van der Waals surface area contributed by atoms with Gasteiger partial charge in [-0.25, -0.2) is 9.37 Å². The lowest BCUT2D eigenvalue weighted by atomic mass is 9.81. The van der Waals surface area contributed by atoms with Crippen LogP contribution in [0.25, 0.3) is 22.6 Å². The molecule has 4 N–H and O–H groups in total. The summed E-state index contributed by atoms with van der Waals surface area (Å²) in [5.41, 5.74) is 0.338. The Labute approximate surface area is 247 Å². The fraction of sp³-hybridized carbons (Fsp3) is 0.267. The van der Waals surface area contributed by atoms with E-state index in [-0.39, 0.29) is 40.5 Å². The molecule has 1 aliphatic heterocycles. The number of primary amides is 1. The number of halogens is 4. The number of alkyl halides is 3. The number of pyridine rings is 1. The van der Waals surface area contributed by atoms with E-state index in [4.69, 9.17) is 19.7 Å². The summed E-state index contributed by atoms with van der Waals surface area (Å²) < 4.78 is 73.8. The lowest BCUT2D eigenvalue weighted by molar-refractivity contribution is -0.265. The monoisotopic (exact) mass is 614 g/mol. The number of hydrogen-bond donors (Lipinski definition) is 3. The first-order valence-corrected chi connectivity index (χ1v) is 13.1. The summed E-state index contributed by atoms with van der Waals surface area (Å²) in [5.74, 6) is -1.92. The standard InChI is InChI=1S/C30H26F4N4O6/c1-15-12-37-44-24(15)19-9-6-17(10-21(19)42-3)26(39)36-13-29(41,30(32,33)34)22-11-20-25(43-14-28(20,2)27(35)40)23(38-22)16-4-7-18(31)8-5-16/h4-12,41H,13-14H2,1-3H3,(H2,35,40)(H,36,39)/t28-,29?/m0/s1. The van der Waals surface area contributed by atoms with Gasteiger partial charge in [0, 0.05) is 22.3 Å². The second-order valence-electron chi connectivity index (χ2n) is 10.5. The van der Waals surface area contributed by atoms with Crippen molar-refractivity contribution in [3.8, 4) is 34.1 Å². The molecule has 2 amide bonds. The van der Waals surface area contributed by atoms with Crippen molar-refractivity contribution >= 4 is 11.8 Å². The third-order valence-electron chi connectivity index (χ3n) is 7.59. The van der Waals surface area contributed by atoms with Crippen molar-refractivity contribution in [2.24, 2.45) is 5.73 Å². The quantitative estimate of drug-likeness (QED) is 0.250. The molecule has 0 radical (unpaired) electrons. The molecule has 0 bridgehead atoms. The summed E-state index contributed by atoms with van der Waals surface area (Å²) in [4.78, 5) is 29.5. The Balaban J connectivity index is 1.54. The van der Waals surface area contributed by atoms with Gasteiger partial charge >= 0.3 is 6.18 Å². The number of ether oxygens (including phenoxy) is 2. The molecule has 3 heterocycles. The van der Waals surface area contributed by atoms with Crippen molar-refractivity contribution in [2.45, 2.75) is 31.0 Å². The topological polar surface area (TPSA) is 150 Å². The van der Waals surface area contributed by atoms with Crippen LogP contribution in [0.1, 0.15) is 34.1 Å². The van der Waals surface area contributed by atoms with Crippen LogP contribution in [0, 0.1) is 12.7 Å². The third-order valence-corrected chi connectivity index (χ3v) is 7.59. The van der Waals surface area contributed by atoms with Crippen LogP contribution in [0.3, 0.4) is 0 Å². The van der Waals surface area contributed by atoms with Gasteiger partial charge in [0.05, 0.1) is 31.1 Å². The largest absolute Gasteiger partial charge is 0.496 e. The molecular formula is C30H26F4N4O6. The van der Waals surface area contributed by atoms with E-state index in [0.717, 1.165) is 18.2 Å². The fourth-order valence-corrected chi connectivity index (χ4v) is 4.82. The van der Waals surface area contributed by atoms with E-state index >= 15 is 0 Å². The number of carbonyl (C=O) groups is 2. The van der Waals surface area contributed by atoms with Crippen LogP contribution in [0.5, 0.6) is 11.5 Å². The first-order valence-electron chi connectivity index (χ1n) is 13.1. The Bertz CT molecular complexity index is 1760. The van der Waals surface area contributed by atoms with Crippen LogP contribution >= 0.6 is 0 Å². The molecule has 0 fully saturated rings. The summed E-state index contributed by atoms with van der Waals surface area (Å²) in [6.45, 7) is 1.47. The predicted octanol–water partition coefficient (Wildman–Crippen LogP) is 4.18. The maximum Gasteiger partial charge on any atom is 0.424 e. The van der Waals surface area contributed by atoms with Crippen LogP contribution < -0.4 is 20.5 Å². The lowest BCUT2D eigenvalue weighted by Crippen LogP contribution is -2.51. The Morgan fingerprint density at radius 2 is 1.86 bits per heavy atom. The van der Waals surface area contributed by atoms with Gasteiger partial charge in [0.2, 0.25) is 11.5 Å². The van der Waals surface area contributed by atoms with Crippen LogP contribution in [0.2, 0.25) is 0 Å². The second kappa shape index (κ2) is 10.9. The Kier molecular flexibility index (Phi) is 7.58. The number of aromatic nitrogens is 2. The number of nitrogens with zero attached hydrogens (tertiary/aromatic N) is 2. The fourth-order valence-electron chi connectivity index (χ4n) is 4.82. The highest BCUT2D eigenvalue weighted by Crippen LogP contribution is 2.47. The van der Waals surface area contributed by atoms with Gasteiger partial charge in [-0.2, -0.15) is 13.2 Å². The van der Waals surface area contributed by atoms with Gasteiger partial charge in [0.25, 0.3) is 5.91 Å². The maximum absolute atomic E-state index is 14.6. The molecule has 1 aliphatic rings. The molecular weight excluding hydrogens is 588 g/mol. The SMILES string of the molecule is COc1cc(C(=O)NCC(O)(c2cc3c(c(-c4ccc(F)cc4)n2)OC[C@]3(C)C(N)=O)C(F)(F)F)ccc1-c1oncc1C. The summed E-state index contributed by atoms with van der Waals surface area (Å²) >= 11 is 0. The van der Waals surface area contributed by atoms with E-state index in [1.54, 1.807) is 6.92 Å². The minimum Gasteiger partial charge on any atom is -0.496 e. The van der Waals surface area contributed by atoms with Crippen molar-refractivity contribution in [2.75, 3.05) is 20.3 Å². The molecule has 5 rings (SSSR count). The van der Waals surface area contributed by atoms with E-state index in [9.17, 15) is 32.3 Å². The molecule has 14 heteroatoms. The number of carbonyl (C=O) groups excluding carboxylic acids is 2. The predicted molar refractivity (Wildman–Crippen MR) is 147 cm³/mol. The molecule has 0 saturated heterocycles. The number of amides is 2. The molecule has 2 aromatic heterocycles. The van der Waals surface area contributed by atoms with Crippen LogP contribution in [0.4, 0.5) is 17.6 Å². The molecule has 2 atom stereocenters. The Morgan fingerprint density at radius 3 is 2.45 bits per heavy atom. The van der Waals surface area contributed by atoms with Gasteiger partial charge in [-0.15, -0.1) is 0 Å². The highest BCUT2D eigenvalue weighted by atomic mass is 19.4. The zero-order valence-corrected chi connectivity index (χ0v) is 23.6. The maximum atomic E-state index is 14.6. The molecule has 0 saturated carbocycles. The zero-order valence-electron chi connectivity index (χ0n) is 23.6. The molecule has 2 aromatic carbocycles. The van der Waals surface area contributed by atoms with Crippen LogP contribution in [-0.2, 0) is 15.8 Å². The van der Waals surface area contributed by atoms with Gasteiger partial charge in [0.15, 0.2) is 5.76 Å². The highest BCUT2D eigenvalue weighted by molar-refractivity contribution is 5.95. The summed E-state index contributed by atoms with van der Waals surface area (Å²) in [5, 5.41) is 17.0. The number of hydrogen-bond acceptors (Lipinski definition) is 8. The van der Waals surface area contributed by atoms with Crippen molar-refractivity contribution < 1.29 is 46.3 Å². The van der Waals surface area contributed by atoms with Gasteiger partial charge < -0.3 is 30.2 Å². The minimum absolute atomic E-state index is 0.0376. The highest BCUT2D eigenvalue weighted by Gasteiger charge is 2.57. The smallest absolute Gasteiger partial charge is 0.424 e. The van der Waals surface area contributed by atoms with Crippen molar-refractivity contribution in [3.63, 3.8) is 0 Å². The number of nitrogens with one attached hydrogen (secondary N) is 1. The van der Waals surface area contributed by atoms with Crippen molar-refractivity contribution in [1.29, 1.82) is 0 Å². The van der Waals surface area contributed by atoms with Gasteiger partial charge in [-0.1, -0.05) is 5.16 Å². The number of fused-ring (bicyclic) bond motifs is 1. The zero-order chi connectivity index (χ0) is 32.0. The number of rotatable bonds is 8. The van der Waals surface area contributed by atoms with E-state index in [0.29, 0.717) is 16.9 Å². The average molecular weight is 615 g/mol. The van der Waals surface area contributed by atoms with E-state index in [1.165, 1.54) is 50.6 Å². The molecule has 44 heavy (non-hydrogen) atoms. The molecule has 0 spiro atoms. The molecule has 10 nitrogen and oxygen atoms in total. The van der Waals surface area contributed by atoms with Gasteiger partial charge in [0.1, 0.15) is 35.0 Å². The first kappa shape index (κ1) is 30.5. The number of methoxy groups -OCH3 is 1. The lowest BCUT2D eigenvalue weighted by Gasteiger charge is -2.31. The first-order chi connectivity index (χ1) is 20.7. The molecule has 4 aromatic rings. The minimum atomic E-state index is -5.37. The number of nitrogens with two attached hydrogens (primary N) is 1. The molecule has 0 aliphatic carbocycles. The number of aliphatic hydroxyl groups is 1. The van der Waals surface area contributed by atoms with E-state index in [1.807, 2.05) is 0 Å². The average Bonchev–Trinajstić information content (AvgIpc) is 3.58. The Morgan fingerprint density at radius 1 is 1.16 bits per heavy atom. The molecule has 1 unspecified atom stereocenters. The van der Waals surface area contributed by atoms with E-state index < -0.39 is 47.1 Å². The van der Waals surface area contributed by atoms with Crippen molar-refractivity contribution in [3.05, 3.63) is 82.9 Å². The van der Waals surface area contributed by atoms with Crippen LogP contribution in [0.15, 0.2) is 59.3 Å². The van der Waals surface area contributed by atoms with E-state index in [2.05, 4.69) is 15.5 Å². The summed E-state index contributed by atoms with van der Waals surface area (Å²) in [6.07, 6.45) is -3.88. The van der Waals surface area contributed by atoms with Crippen LogP contribution in [-0.4, -0.2) is 53.5 Å². The van der Waals surface area contributed by atoms with Gasteiger partial charge in [-0.3, -0.25) is 9.59 Å². The third kappa shape index (κ3) is 5.10. The van der Waals surface area contributed by atoms with Gasteiger partial charge in [-0.05, 0) is 62.4 Å². The normalized spacial score (nSPS) is 17.4. The Hall–Kier alpha value is -4.98.